The van der Waals surface area contributed by atoms with Crippen LogP contribution in [0, 0.1) is 11.3 Å². The standard InChI is InChI=1S/C20H19N3O2/c21-12-14-7-9-15(10-8-14)19-22-18-6-2-1-5-17(18)20(24)23(19)13-16-4-3-11-25-16/h1-2,5-10,16,19,22H,3-4,11,13H2. The predicted octanol–water partition coefficient (Wildman–Crippen LogP) is 3.30. The number of hydrogen-bond donors (Lipinski definition) is 1. The van der Waals surface area contributed by atoms with E-state index < -0.39 is 0 Å². The number of nitrogens with zero attached hydrogens (tertiary/aromatic N) is 2. The Morgan fingerprint density at radius 2 is 2.00 bits per heavy atom. The van der Waals surface area contributed by atoms with Crippen molar-refractivity contribution < 1.29 is 9.53 Å². The molecule has 2 heterocycles. The second kappa shape index (κ2) is 6.58. The van der Waals surface area contributed by atoms with E-state index in [9.17, 15) is 4.79 Å². The van der Waals surface area contributed by atoms with Crippen LogP contribution in [0.3, 0.4) is 0 Å². The molecule has 1 fully saturated rings. The molecule has 0 spiro atoms. The van der Waals surface area contributed by atoms with E-state index in [4.69, 9.17) is 10.00 Å². The van der Waals surface area contributed by atoms with Gasteiger partial charge in [-0.15, -0.1) is 0 Å². The van der Waals surface area contributed by atoms with Crippen LogP contribution >= 0.6 is 0 Å². The number of ether oxygens (including phenoxy) is 1. The van der Waals surface area contributed by atoms with Crippen molar-refractivity contribution in [2.24, 2.45) is 0 Å². The summed E-state index contributed by atoms with van der Waals surface area (Å²) in [5.74, 6) is 0.0132. The van der Waals surface area contributed by atoms with Gasteiger partial charge in [0.15, 0.2) is 0 Å². The molecule has 2 aromatic rings. The summed E-state index contributed by atoms with van der Waals surface area (Å²) in [4.78, 5) is 14.9. The Hall–Kier alpha value is -2.84. The van der Waals surface area contributed by atoms with E-state index in [0.717, 1.165) is 30.7 Å². The van der Waals surface area contributed by atoms with E-state index in [1.165, 1.54) is 0 Å². The van der Waals surface area contributed by atoms with Crippen molar-refractivity contribution in [2.75, 3.05) is 18.5 Å². The van der Waals surface area contributed by atoms with E-state index in [1.54, 1.807) is 12.1 Å². The molecule has 2 aromatic carbocycles. The fraction of sp³-hybridized carbons (Fsp3) is 0.300. The lowest BCUT2D eigenvalue weighted by atomic mass is 10.0. The van der Waals surface area contributed by atoms with Gasteiger partial charge in [0.1, 0.15) is 6.17 Å². The Morgan fingerprint density at radius 1 is 1.20 bits per heavy atom. The molecule has 0 radical (unpaired) electrons. The molecule has 126 valence electrons. The quantitative estimate of drug-likeness (QED) is 0.936. The molecule has 0 aromatic heterocycles. The van der Waals surface area contributed by atoms with Gasteiger partial charge in [0, 0.05) is 18.8 Å². The topological polar surface area (TPSA) is 65.4 Å². The number of fused-ring (bicyclic) bond motifs is 1. The largest absolute Gasteiger partial charge is 0.376 e. The molecule has 1 N–H and O–H groups in total. The van der Waals surface area contributed by atoms with Crippen LogP contribution in [0.5, 0.6) is 0 Å². The first-order valence-corrected chi connectivity index (χ1v) is 8.54. The van der Waals surface area contributed by atoms with Gasteiger partial charge in [-0.2, -0.15) is 5.26 Å². The van der Waals surface area contributed by atoms with Crippen molar-refractivity contribution >= 4 is 11.6 Å². The minimum atomic E-state index is -0.264. The first kappa shape index (κ1) is 15.7. The number of rotatable bonds is 3. The number of benzene rings is 2. The third kappa shape index (κ3) is 2.97. The Kier molecular flexibility index (Phi) is 4.12. The molecule has 5 nitrogen and oxygen atoms in total. The van der Waals surface area contributed by atoms with Gasteiger partial charge >= 0.3 is 0 Å². The summed E-state index contributed by atoms with van der Waals surface area (Å²) >= 11 is 0. The number of nitriles is 1. The Labute approximate surface area is 146 Å². The second-order valence-corrected chi connectivity index (χ2v) is 6.42. The molecule has 2 aliphatic rings. The summed E-state index contributed by atoms with van der Waals surface area (Å²) in [6.45, 7) is 1.32. The lowest BCUT2D eigenvalue weighted by molar-refractivity contribution is 0.0427. The second-order valence-electron chi connectivity index (χ2n) is 6.42. The summed E-state index contributed by atoms with van der Waals surface area (Å²) in [6.07, 6.45) is 1.83. The van der Waals surface area contributed by atoms with Gasteiger partial charge in [0.2, 0.25) is 0 Å². The van der Waals surface area contributed by atoms with Crippen LogP contribution in [0.2, 0.25) is 0 Å². The summed E-state index contributed by atoms with van der Waals surface area (Å²) in [5, 5.41) is 12.5. The smallest absolute Gasteiger partial charge is 0.257 e. The normalized spacial score (nSPS) is 22.2. The molecule has 0 aliphatic carbocycles. The van der Waals surface area contributed by atoms with Gasteiger partial charge in [-0.1, -0.05) is 24.3 Å². The summed E-state index contributed by atoms with van der Waals surface area (Å²) in [7, 11) is 0. The molecule has 2 unspecified atom stereocenters. The fourth-order valence-electron chi connectivity index (χ4n) is 3.49. The minimum absolute atomic E-state index is 0.0132. The fourth-order valence-corrected chi connectivity index (χ4v) is 3.49. The monoisotopic (exact) mass is 333 g/mol. The first-order valence-electron chi connectivity index (χ1n) is 8.54. The van der Waals surface area contributed by atoms with E-state index in [1.807, 2.05) is 41.3 Å². The summed E-state index contributed by atoms with van der Waals surface area (Å²) in [6, 6.07) is 17.1. The highest BCUT2D eigenvalue weighted by atomic mass is 16.5. The highest BCUT2D eigenvalue weighted by Gasteiger charge is 2.35. The summed E-state index contributed by atoms with van der Waals surface area (Å²) < 4.78 is 5.75. The van der Waals surface area contributed by atoms with Gasteiger partial charge < -0.3 is 15.0 Å². The minimum Gasteiger partial charge on any atom is -0.376 e. The third-order valence-electron chi connectivity index (χ3n) is 4.80. The van der Waals surface area contributed by atoms with Gasteiger partial charge in [-0.3, -0.25) is 4.79 Å². The van der Waals surface area contributed by atoms with Gasteiger partial charge in [0.05, 0.1) is 23.3 Å². The van der Waals surface area contributed by atoms with Crippen LogP contribution in [0.25, 0.3) is 0 Å². The molecule has 5 heteroatoms. The number of carbonyl (C=O) groups excluding carboxylic acids is 1. The molecule has 1 saturated heterocycles. The van der Waals surface area contributed by atoms with Crippen molar-refractivity contribution in [3.05, 3.63) is 65.2 Å². The average Bonchev–Trinajstić information content (AvgIpc) is 3.17. The van der Waals surface area contributed by atoms with Crippen LogP contribution in [0.4, 0.5) is 5.69 Å². The first-order chi connectivity index (χ1) is 12.3. The lowest BCUT2D eigenvalue weighted by Crippen LogP contribution is -2.46. The highest BCUT2D eigenvalue weighted by molar-refractivity contribution is 6.01. The highest BCUT2D eigenvalue weighted by Crippen LogP contribution is 2.34. The number of anilines is 1. The SMILES string of the molecule is N#Cc1ccc(C2Nc3ccccc3C(=O)N2CC2CCCO2)cc1. The number of carbonyl (C=O) groups is 1. The molecule has 4 rings (SSSR count). The van der Waals surface area contributed by atoms with Crippen molar-refractivity contribution in [1.29, 1.82) is 5.26 Å². The third-order valence-corrected chi connectivity index (χ3v) is 4.80. The molecule has 2 aliphatic heterocycles. The van der Waals surface area contributed by atoms with Crippen LogP contribution in [-0.2, 0) is 4.74 Å². The molecular weight excluding hydrogens is 314 g/mol. The van der Waals surface area contributed by atoms with E-state index in [2.05, 4.69) is 11.4 Å². The zero-order valence-electron chi connectivity index (χ0n) is 13.8. The molecule has 0 bridgehead atoms. The predicted molar refractivity (Wildman–Crippen MR) is 94.0 cm³/mol. The van der Waals surface area contributed by atoms with Gasteiger partial charge in [-0.25, -0.2) is 0 Å². The van der Waals surface area contributed by atoms with E-state index >= 15 is 0 Å². The van der Waals surface area contributed by atoms with E-state index in [-0.39, 0.29) is 18.2 Å². The van der Waals surface area contributed by atoms with Crippen molar-refractivity contribution in [2.45, 2.75) is 25.1 Å². The van der Waals surface area contributed by atoms with Crippen LogP contribution < -0.4 is 5.32 Å². The Bertz CT molecular complexity index is 820. The van der Waals surface area contributed by atoms with Gasteiger partial charge in [0.25, 0.3) is 5.91 Å². The molecule has 2 atom stereocenters. The van der Waals surface area contributed by atoms with Crippen molar-refractivity contribution in [3.8, 4) is 6.07 Å². The molecule has 25 heavy (non-hydrogen) atoms. The zero-order chi connectivity index (χ0) is 17.2. The maximum Gasteiger partial charge on any atom is 0.257 e. The number of nitrogens with one attached hydrogen (secondary N) is 1. The van der Waals surface area contributed by atoms with Crippen molar-refractivity contribution in [3.63, 3.8) is 0 Å². The van der Waals surface area contributed by atoms with Crippen LogP contribution in [0.15, 0.2) is 48.5 Å². The number of amides is 1. The zero-order valence-corrected chi connectivity index (χ0v) is 13.8. The Balaban J connectivity index is 1.70. The maximum atomic E-state index is 13.1. The van der Waals surface area contributed by atoms with Gasteiger partial charge in [-0.05, 0) is 42.7 Å². The lowest BCUT2D eigenvalue weighted by Gasteiger charge is -2.39. The summed E-state index contributed by atoms with van der Waals surface area (Å²) in [5.41, 5.74) is 3.09. The number of hydrogen-bond acceptors (Lipinski definition) is 4. The van der Waals surface area contributed by atoms with Crippen LogP contribution in [-0.4, -0.2) is 30.1 Å². The molecule has 1 amide bonds. The molecule has 0 saturated carbocycles. The van der Waals surface area contributed by atoms with E-state index in [0.29, 0.717) is 17.7 Å². The van der Waals surface area contributed by atoms with Crippen molar-refractivity contribution in [1.82, 2.24) is 4.90 Å². The molecular formula is C20H19N3O2. The maximum absolute atomic E-state index is 13.1. The average molecular weight is 333 g/mol. The Morgan fingerprint density at radius 3 is 2.72 bits per heavy atom. The number of para-hydroxylation sites is 1. The van der Waals surface area contributed by atoms with Crippen LogP contribution in [0.1, 0.15) is 40.5 Å².